The number of carboxylic acid groups (broad SMARTS) is 1. The van der Waals surface area contributed by atoms with Gasteiger partial charge in [-0.05, 0) is 36.6 Å². The minimum atomic E-state index is -0.250. The molecule has 0 atom stereocenters. The fraction of sp³-hybridized carbons (Fsp3) is 0.188. The molecule has 0 radical (unpaired) electrons. The summed E-state index contributed by atoms with van der Waals surface area (Å²) in [6.45, 7) is 0.374. The molecule has 0 fully saturated rings. The Morgan fingerprint density at radius 2 is 2.00 bits per heavy atom. The van der Waals surface area contributed by atoms with Crippen molar-refractivity contribution in [2.24, 2.45) is 0 Å². The van der Waals surface area contributed by atoms with E-state index in [9.17, 15) is 4.79 Å². The van der Waals surface area contributed by atoms with E-state index in [1.54, 1.807) is 24.5 Å². The maximum absolute atomic E-state index is 11.7. The predicted molar refractivity (Wildman–Crippen MR) is 85.0 cm³/mol. The van der Waals surface area contributed by atoms with Crippen LogP contribution in [-0.4, -0.2) is 29.0 Å². The van der Waals surface area contributed by atoms with Gasteiger partial charge in [-0.2, -0.15) is 0 Å². The lowest BCUT2D eigenvalue weighted by molar-refractivity contribution is -0.122. The van der Waals surface area contributed by atoms with E-state index in [-0.39, 0.29) is 12.4 Å². The number of nitrogens with zero attached hydrogens (tertiary/aromatic N) is 1. The lowest BCUT2D eigenvalue weighted by Gasteiger charge is -2.06. The van der Waals surface area contributed by atoms with Crippen LogP contribution in [0, 0.1) is 0 Å². The molecule has 2 rings (SSSR count). The average molecular weight is 321 g/mol. The van der Waals surface area contributed by atoms with Crippen LogP contribution in [0.5, 0.6) is 0 Å². The number of aromatic nitrogens is 1. The van der Waals surface area contributed by atoms with E-state index < -0.39 is 0 Å². The molecule has 0 aliphatic rings. The number of benzene rings is 1. The number of hydrogen-bond acceptors (Lipinski definition) is 3. The zero-order chi connectivity index (χ0) is 16.2. The van der Waals surface area contributed by atoms with E-state index >= 15 is 0 Å². The standard InChI is InChI=1S/C15H15ClN2O.CH2O2/c16-14-8-2-1-5-12(14)6-4-10-18-15(19)13-7-3-9-17-11-13;2-1-3/h1-3,5,7-9,11H,4,6,10H2,(H,18,19);1H,(H,2,3). The van der Waals surface area contributed by atoms with Crippen LogP contribution in [0.25, 0.3) is 0 Å². The van der Waals surface area contributed by atoms with E-state index in [4.69, 9.17) is 21.5 Å². The summed E-state index contributed by atoms with van der Waals surface area (Å²) in [5, 5.41) is 10.5. The van der Waals surface area contributed by atoms with E-state index in [2.05, 4.69) is 10.3 Å². The van der Waals surface area contributed by atoms with Gasteiger partial charge in [-0.25, -0.2) is 0 Å². The molecule has 0 saturated heterocycles. The maximum atomic E-state index is 11.7. The lowest BCUT2D eigenvalue weighted by Crippen LogP contribution is -2.24. The number of hydrogen-bond donors (Lipinski definition) is 2. The van der Waals surface area contributed by atoms with Crippen molar-refractivity contribution in [1.29, 1.82) is 0 Å². The molecular weight excluding hydrogens is 304 g/mol. The van der Waals surface area contributed by atoms with Crippen molar-refractivity contribution in [2.75, 3.05) is 6.54 Å². The Kier molecular flexibility index (Phi) is 8.30. The second kappa shape index (κ2) is 10.3. The summed E-state index contributed by atoms with van der Waals surface area (Å²) in [6.07, 6.45) is 4.92. The van der Waals surface area contributed by atoms with Crippen LogP contribution >= 0.6 is 11.6 Å². The Morgan fingerprint density at radius 3 is 2.64 bits per heavy atom. The first-order valence-electron chi connectivity index (χ1n) is 6.68. The van der Waals surface area contributed by atoms with E-state index in [1.165, 1.54) is 0 Å². The summed E-state index contributed by atoms with van der Waals surface area (Å²) in [5.41, 5.74) is 1.69. The molecule has 5 nitrogen and oxygen atoms in total. The third-order valence-corrected chi connectivity index (χ3v) is 3.16. The summed E-state index contributed by atoms with van der Waals surface area (Å²) >= 11 is 6.07. The van der Waals surface area contributed by atoms with E-state index in [0.717, 1.165) is 23.4 Å². The predicted octanol–water partition coefficient (Wildman–Crippen LogP) is 2.80. The number of aryl methyl sites for hydroxylation is 1. The van der Waals surface area contributed by atoms with Crippen molar-refractivity contribution in [3.05, 3.63) is 64.9 Å². The molecule has 6 heteroatoms. The number of pyridine rings is 1. The Balaban J connectivity index is 0.000000745. The van der Waals surface area contributed by atoms with Gasteiger partial charge in [0.1, 0.15) is 0 Å². The van der Waals surface area contributed by atoms with Crippen LogP contribution in [0.4, 0.5) is 0 Å². The van der Waals surface area contributed by atoms with Gasteiger partial charge in [0.15, 0.2) is 0 Å². The molecule has 0 spiro atoms. The highest BCUT2D eigenvalue weighted by Gasteiger charge is 2.04. The van der Waals surface area contributed by atoms with Gasteiger partial charge in [0.25, 0.3) is 12.4 Å². The second-order valence-electron chi connectivity index (χ2n) is 4.30. The van der Waals surface area contributed by atoms with Crippen molar-refractivity contribution in [3.63, 3.8) is 0 Å². The van der Waals surface area contributed by atoms with Crippen LogP contribution in [0.15, 0.2) is 48.8 Å². The van der Waals surface area contributed by atoms with Crippen LogP contribution in [0.2, 0.25) is 5.02 Å². The van der Waals surface area contributed by atoms with Gasteiger partial charge in [-0.3, -0.25) is 14.6 Å². The van der Waals surface area contributed by atoms with Gasteiger partial charge in [0.2, 0.25) is 0 Å². The highest BCUT2D eigenvalue weighted by molar-refractivity contribution is 6.31. The van der Waals surface area contributed by atoms with Crippen molar-refractivity contribution >= 4 is 24.0 Å². The molecule has 0 saturated carbocycles. The molecule has 0 aliphatic heterocycles. The van der Waals surface area contributed by atoms with Gasteiger partial charge in [-0.15, -0.1) is 0 Å². The second-order valence-corrected chi connectivity index (χ2v) is 4.71. The first-order valence-corrected chi connectivity index (χ1v) is 7.06. The Hall–Kier alpha value is -2.40. The monoisotopic (exact) mass is 320 g/mol. The highest BCUT2D eigenvalue weighted by atomic mass is 35.5. The lowest BCUT2D eigenvalue weighted by atomic mass is 10.1. The van der Waals surface area contributed by atoms with Crippen LogP contribution in [0.1, 0.15) is 22.3 Å². The highest BCUT2D eigenvalue weighted by Crippen LogP contribution is 2.16. The topological polar surface area (TPSA) is 79.3 Å². The molecule has 0 bridgehead atoms. The molecule has 2 N–H and O–H groups in total. The zero-order valence-corrected chi connectivity index (χ0v) is 12.7. The fourth-order valence-corrected chi connectivity index (χ4v) is 2.01. The fourth-order valence-electron chi connectivity index (χ4n) is 1.78. The summed E-state index contributed by atoms with van der Waals surface area (Å²) < 4.78 is 0. The van der Waals surface area contributed by atoms with Crippen LogP contribution in [-0.2, 0) is 11.2 Å². The SMILES string of the molecule is O=C(NCCCc1ccccc1Cl)c1cccnc1.O=CO. The summed E-state index contributed by atoms with van der Waals surface area (Å²) in [7, 11) is 0. The Morgan fingerprint density at radius 1 is 1.27 bits per heavy atom. The van der Waals surface area contributed by atoms with Crippen molar-refractivity contribution in [2.45, 2.75) is 12.8 Å². The number of carbonyl (C=O) groups is 2. The average Bonchev–Trinajstić information content (AvgIpc) is 2.54. The molecule has 0 aliphatic carbocycles. The minimum absolute atomic E-state index is 0.0905. The van der Waals surface area contributed by atoms with Crippen molar-refractivity contribution in [3.8, 4) is 0 Å². The number of halogens is 1. The minimum Gasteiger partial charge on any atom is -0.483 e. The Labute approximate surface area is 134 Å². The molecular formula is C16H17ClN2O3. The number of carbonyl (C=O) groups excluding carboxylic acids is 1. The van der Waals surface area contributed by atoms with Gasteiger partial charge in [-0.1, -0.05) is 29.8 Å². The molecule has 22 heavy (non-hydrogen) atoms. The molecule has 1 aromatic carbocycles. The molecule has 2 aromatic rings. The molecule has 116 valence electrons. The smallest absolute Gasteiger partial charge is 0.290 e. The number of nitrogens with one attached hydrogen (secondary N) is 1. The third-order valence-electron chi connectivity index (χ3n) is 2.79. The van der Waals surface area contributed by atoms with Crippen LogP contribution in [0.3, 0.4) is 0 Å². The summed E-state index contributed by atoms with van der Waals surface area (Å²) in [4.78, 5) is 24.0. The normalized spacial score (nSPS) is 9.32. The molecule has 1 aromatic heterocycles. The van der Waals surface area contributed by atoms with Crippen LogP contribution < -0.4 is 5.32 Å². The molecule has 1 heterocycles. The van der Waals surface area contributed by atoms with Gasteiger partial charge >= 0.3 is 0 Å². The quantitative estimate of drug-likeness (QED) is 0.656. The summed E-state index contributed by atoms with van der Waals surface area (Å²) in [6, 6.07) is 11.3. The zero-order valence-electron chi connectivity index (χ0n) is 11.9. The molecule has 0 unspecified atom stereocenters. The first kappa shape index (κ1) is 17.7. The van der Waals surface area contributed by atoms with Gasteiger partial charge in [0, 0.05) is 24.0 Å². The van der Waals surface area contributed by atoms with Crippen molar-refractivity contribution in [1.82, 2.24) is 10.3 Å². The third kappa shape index (κ3) is 6.37. The van der Waals surface area contributed by atoms with Crippen molar-refractivity contribution < 1.29 is 14.7 Å². The van der Waals surface area contributed by atoms with Gasteiger partial charge in [0.05, 0.1) is 5.56 Å². The maximum Gasteiger partial charge on any atom is 0.290 e. The Bertz CT molecular complexity index is 591. The first-order chi connectivity index (χ1) is 10.7. The van der Waals surface area contributed by atoms with Gasteiger partial charge < -0.3 is 10.4 Å². The van der Waals surface area contributed by atoms with E-state index in [1.807, 2.05) is 24.3 Å². The largest absolute Gasteiger partial charge is 0.483 e. The number of rotatable bonds is 5. The number of amides is 1. The molecule has 1 amide bonds. The summed E-state index contributed by atoms with van der Waals surface area (Å²) in [5.74, 6) is -0.0905. The van der Waals surface area contributed by atoms with E-state index in [0.29, 0.717) is 12.1 Å².